The van der Waals surface area contributed by atoms with E-state index in [1.165, 1.54) is 0 Å². The number of aryl methyl sites for hydroxylation is 1. The van der Waals surface area contributed by atoms with Crippen molar-refractivity contribution >= 4 is 22.9 Å². The molecule has 0 saturated carbocycles. The molecule has 0 fully saturated rings. The molecule has 1 aromatic heterocycles. The Balaban J connectivity index is 1.81. The van der Waals surface area contributed by atoms with Gasteiger partial charge in [-0.25, -0.2) is 4.98 Å². The molecule has 0 radical (unpaired) electrons. The second kappa shape index (κ2) is 6.18. The largest absolute Gasteiger partial charge is 0.492 e. The van der Waals surface area contributed by atoms with Gasteiger partial charge in [0, 0.05) is 28.6 Å². The van der Waals surface area contributed by atoms with Gasteiger partial charge in [-0.1, -0.05) is 11.6 Å². The van der Waals surface area contributed by atoms with E-state index in [0.717, 1.165) is 22.9 Å². The van der Waals surface area contributed by atoms with Crippen LogP contribution in [0.5, 0.6) is 5.75 Å². The highest BCUT2D eigenvalue weighted by Crippen LogP contribution is 2.16. The number of halogens is 1. The van der Waals surface area contributed by atoms with Crippen molar-refractivity contribution in [3.8, 4) is 5.75 Å². The van der Waals surface area contributed by atoms with Crippen LogP contribution in [0.4, 0.5) is 0 Å². The lowest BCUT2D eigenvalue weighted by atomic mass is 10.2. The molecule has 3 nitrogen and oxygen atoms in total. The number of ether oxygens (including phenoxy) is 1. The number of hydrogen-bond donors (Lipinski definition) is 1. The molecular formula is C13H15ClN2OS. The highest BCUT2D eigenvalue weighted by Gasteiger charge is 2.08. The molecule has 1 atom stereocenters. The quantitative estimate of drug-likeness (QED) is 0.917. The standard InChI is InChI=1S/C13H15ClN2OS/c1-9-8-18-13(16-9)6-11(15)7-17-12-4-2-10(14)3-5-12/h2-5,8,11H,6-7,15H2,1H3. The van der Waals surface area contributed by atoms with Crippen molar-refractivity contribution in [2.75, 3.05) is 6.61 Å². The van der Waals surface area contributed by atoms with Crippen molar-refractivity contribution in [1.82, 2.24) is 4.98 Å². The summed E-state index contributed by atoms with van der Waals surface area (Å²) in [7, 11) is 0. The summed E-state index contributed by atoms with van der Waals surface area (Å²) in [5.41, 5.74) is 7.05. The van der Waals surface area contributed by atoms with Crippen molar-refractivity contribution in [2.24, 2.45) is 5.73 Å². The van der Waals surface area contributed by atoms with E-state index in [2.05, 4.69) is 4.98 Å². The Morgan fingerprint density at radius 1 is 1.39 bits per heavy atom. The molecule has 0 saturated heterocycles. The second-order valence-electron chi connectivity index (χ2n) is 4.11. The first-order chi connectivity index (χ1) is 8.63. The molecular weight excluding hydrogens is 268 g/mol. The van der Waals surface area contributed by atoms with Crippen molar-refractivity contribution < 1.29 is 4.74 Å². The van der Waals surface area contributed by atoms with E-state index in [4.69, 9.17) is 22.1 Å². The van der Waals surface area contributed by atoms with E-state index in [0.29, 0.717) is 11.6 Å². The summed E-state index contributed by atoms with van der Waals surface area (Å²) < 4.78 is 5.59. The number of aromatic nitrogens is 1. The molecule has 0 aliphatic rings. The summed E-state index contributed by atoms with van der Waals surface area (Å²) in [6.07, 6.45) is 0.742. The number of benzene rings is 1. The average molecular weight is 283 g/mol. The van der Waals surface area contributed by atoms with Crippen LogP contribution in [0.25, 0.3) is 0 Å². The molecule has 0 aliphatic carbocycles. The predicted molar refractivity (Wildman–Crippen MR) is 75.5 cm³/mol. The van der Waals surface area contributed by atoms with Gasteiger partial charge in [-0.3, -0.25) is 0 Å². The fraction of sp³-hybridized carbons (Fsp3) is 0.308. The van der Waals surface area contributed by atoms with Gasteiger partial charge in [-0.2, -0.15) is 0 Å². The van der Waals surface area contributed by atoms with Crippen LogP contribution in [-0.4, -0.2) is 17.6 Å². The van der Waals surface area contributed by atoms with Gasteiger partial charge in [0.05, 0.1) is 5.01 Å². The first-order valence-electron chi connectivity index (χ1n) is 5.68. The molecule has 1 heterocycles. The third kappa shape index (κ3) is 3.98. The molecule has 1 aromatic carbocycles. The van der Waals surface area contributed by atoms with Gasteiger partial charge in [-0.05, 0) is 31.2 Å². The van der Waals surface area contributed by atoms with Crippen LogP contribution in [-0.2, 0) is 6.42 Å². The summed E-state index contributed by atoms with van der Waals surface area (Å²) >= 11 is 7.43. The summed E-state index contributed by atoms with van der Waals surface area (Å²) in [6, 6.07) is 7.22. The normalized spacial score (nSPS) is 12.4. The molecule has 2 N–H and O–H groups in total. The summed E-state index contributed by atoms with van der Waals surface area (Å²) in [6.45, 7) is 2.45. The topological polar surface area (TPSA) is 48.1 Å². The third-order valence-electron chi connectivity index (χ3n) is 2.38. The monoisotopic (exact) mass is 282 g/mol. The fourth-order valence-electron chi connectivity index (χ4n) is 1.51. The summed E-state index contributed by atoms with van der Waals surface area (Å²) in [5.74, 6) is 0.783. The van der Waals surface area contributed by atoms with Gasteiger partial charge < -0.3 is 10.5 Å². The van der Waals surface area contributed by atoms with E-state index in [9.17, 15) is 0 Å². The van der Waals surface area contributed by atoms with Gasteiger partial charge >= 0.3 is 0 Å². The Hall–Kier alpha value is -1.10. The molecule has 0 bridgehead atoms. The van der Waals surface area contributed by atoms with Crippen molar-refractivity contribution in [3.05, 3.63) is 45.4 Å². The van der Waals surface area contributed by atoms with Gasteiger partial charge in [-0.15, -0.1) is 11.3 Å². The third-order valence-corrected chi connectivity index (χ3v) is 3.62. The van der Waals surface area contributed by atoms with Gasteiger partial charge in [0.15, 0.2) is 0 Å². The molecule has 2 rings (SSSR count). The van der Waals surface area contributed by atoms with E-state index in [-0.39, 0.29) is 6.04 Å². The molecule has 0 spiro atoms. The molecule has 0 aliphatic heterocycles. The first-order valence-corrected chi connectivity index (χ1v) is 6.94. The molecule has 1 unspecified atom stereocenters. The number of rotatable bonds is 5. The number of hydrogen-bond acceptors (Lipinski definition) is 4. The Labute approximate surface area is 116 Å². The molecule has 2 aromatic rings. The van der Waals surface area contributed by atoms with Crippen LogP contribution in [0, 0.1) is 6.92 Å². The molecule has 18 heavy (non-hydrogen) atoms. The number of nitrogens with zero attached hydrogens (tertiary/aromatic N) is 1. The zero-order chi connectivity index (χ0) is 13.0. The molecule has 0 amide bonds. The molecule has 5 heteroatoms. The lowest BCUT2D eigenvalue weighted by Crippen LogP contribution is -2.30. The highest BCUT2D eigenvalue weighted by molar-refractivity contribution is 7.09. The van der Waals surface area contributed by atoms with E-state index >= 15 is 0 Å². The van der Waals surface area contributed by atoms with E-state index in [1.807, 2.05) is 24.4 Å². The Kier molecular flexibility index (Phi) is 4.58. The number of nitrogens with two attached hydrogens (primary N) is 1. The van der Waals surface area contributed by atoms with Crippen LogP contribution < -0.4 is 10.5 Å². The summed E-state index contributed by atoms with van der Waals surface area (Å²) in [4.78, 5) is 4.38. The van der Waals surface area contributed by atoms with Crippen molar-refractivity contribution in [3.63, 3.8) is 0 Å². The zero-order valence-electron chi connectivity index (χ0n) is 10.1. The summed E-state index contributed by atoms with van der Waals surface area (Å²) in [5, 5.41) is 3.78. The first kappa shape index (κ1) is 13.3. The SMILES string of the molecule is Cc1csc(CC(N)COc2ccc(Cl)cc2)n1. The van der Waals surface area contributed by atoms with Crippen LogP contribution in [0.15, 0.2) is 29.6 Å². The number of thiazole rings is 1. The van der Waals surface area contributed by atoms with E-state index < -0.39 is 0 Å². The molecule has 96 valence electrons. The van der Waals surface area contributed by atoms with Crippen LogP contribution in [0.2, 0.25) is 5.02 Å². The predicted octanol–water partition coefficient (Wildman–Crippen LogP) is 3.05. The fourth-order valence-corrected chi connectivity index (χ4v) is 2.51. The van der Waals surface area contributed by atoms with Gasteiger partial charge in [0.2, 0.25) is 0 Å². The minimum absolute atomic E-state index is 0.0498. The van der Waals surface area contributed by atoms with Crippen LogP contribution in [0.1, 0.15) is 10.7 Å². The maximum atomic E-state index is 6.01. The van der Waals surface area contributed by atoms with Gasteiger partial charge in [0.1, 0.15) is 12.4 Å². The van der Waals surface area contributed by atoms with Crippen LogP contribution in [0.3, 0.4) is 0 Å². The van der Waals surface area contributed by atoms with Crippen molar-refractivity contribution in [1.29, 1.82) is 0 Å². The van der Waals surface area contributed by atoms with Crippen molar-refractivity contribution in [2.45, 2.75) is 19.4 Å². The van der Waals surface area contributed by atoms with Crippen LogP contribution >= 0.6 is 22.9 Å². The smallest absolute Gasteiger partial charge is 0.119 e. The maximum Gasteiger partial charge on any atom is 0.119 e. The zero-order valence-corrected chi connectivity index (χ0v) is 11.7. The Bertz CT molecular complexity index is 498. The average Bonchev–Trinajstić information content (AvgIpc) is 2.74. The minimum atomic E-state index is -0.0498. The lowest BCUT2D eigenvalue weighted by Gasteiger charge is -2.11. The minimum Gasteiger partial charge on any atom is -0.492 e. The maximum absolute atomic E-state index is 6.01. The Morgan fingerprint density at radius 2 is 2.11 bits per heavy atom. The van der Waals surface area contributed by atoms with E-state index in [1.54, 1.807) is 23.5 Å². The Morgan fingerprint density at radius 3 is 2.72 bits per heavy atom. The van der Waals surface area contributed by atoms with Gasteiger partial charge in [0.25, 0.3) is 0 Å². The second-order valence-corrected chi connectivity index (χ2v) is 5.49. The lowest BCUT2D eigenvalue weighted by molar-refractivity contribution is 0.287. The highest BCUT2D eigenvalue weighted by atomic mass is 35.5.